The first-order chi connectivity index (χ1) is 8.16. The monoisotopic (exact) mass is 247 g/mol. The van der Waals surface area contributed by atoms with Crippen molar-refractivity contribution < 1.29 is 0 Å². The van der Waals surface area contributed by atoms with Crippen molar-refractivity contribution in [1.29, 1.82) is 0 Å². The zero-order valence-corrected chi connectivity index (χ0v) is 10.6. The summed E-state index contributed by atoms with van der Waals surface area (Å²) in [5.41, 5.74) is 2.95. The molecule has 1 aromatic heterocycles. The standard InChI is InChI=1S/C13H14ClN3/c1-9-3-4-12(11(14)7-9)17-10(2)13-8-15-5-6-16-13/h3-8,10,17H,1-2H3. The van der Waals surface area contributed by atoms with Crippen molar-refractivity contribution in [2.45, 2.75) is 19.9 Å². The Morgan fingerprint density at radius 2 is 2.12 bits per heavy atom. The fourth-order valence-electron chi connectivity index (χ4n) is 1.58. The smallest absolute Gasteiger partial charge is 0.0806 e. The number of anilines is 1. The van der Waals surface area contributed by atoms with E-state index in [2.05, 4.69) is 15.3 Å². The summed E-state index contributed by atoms with van der Waals surface area (Å²) in [5, 5.41) is 4.04. The van der Waals surface area contributed by atoms with E-state index >= 15 is 0 Å². The molecule has 0 amide bonds. The summed E-state index contributed by atoms with van der Waals surface area (Å²) in [4.78, 5) is 8.30. The van der Waals surface area contributed by atoms with Crippen molar-refractivity contribution in [3.63, 3.8) is 0 Å². The lowest BCUT2D eigenvalue weighted by atomic mass is 10.2. The van der Waals surface area contributed by atoms with Crippen molar-refractivity contribution in [3.8, 4) is 0 Å². The van der Waals surface area contributed by atoms with Crippen LogP contribution in [-0.2, 0) is 0 Å². The second-order valence-electron chi connectivity index (χ2n) is 3.98. The van der Waals surface area contributed by atoms with Gasteiger partial charge < -0.3 is 5.32 Å². The normalized spacial score (nSPS) is 12.2. The van der Waals surface area contributed by atoms with Crippen molar-refractivity contribution >= 4 is 17.3 Å². The van der Waals surface area contributed by atoms with Crippen LogP contribution in [0.5, 0.6) is 0 Å². The zero-order valence-electron chi connectivity index (χ0n) is 9.81. The topological polar surface area (TPSA) is 37.8 Å². The Balaban J connectivity index is 2.16. The minimum absolute atomic E-state index is 0.0731. The van der Waals surface area contributed by atoms with Gasteiger partial charge in [-0.1, -0.05) is 17.7 Å². The average molecular weight is 248 g/mol. The lowest BCUT2D eigenvalue weighted by molar-refractivity contribution is 0.827. The molecule has 1 heterocycles. The molecule has 0 aliphatic heterocycles. The Bertz CT molecular complexity index is 499. The Morgan fingerprint density at radius 3 is 2.76 bits per heavy atom. The fourth-order valence-corrected chi connectivity index (χ4v) is 1.87. The Kier molecular flexibility index (Phi) is 3.59. The van der Waals surface area contributed by atoms with Gasteiger partial charge in [0.1, 0.15) is 0 Å². The van der Waals surface area contributed by atoms with E-state index in [1.54, 1.807) is 18.6 Å². The molecule has 2 rings (SSSR count). The number of halogens is 1. The van der Waals surface area contributed by atoms with Gasteiger partial charge >= 0.3 is 0 Å². The maximum atomic E-state index is 6.16. The molecule has 0 aliphatic rings. The molecule has 0 saturated heterocycles. The molecule has 88 valence electrons. The lowest BCUT2D eigenvalue weighted by Gasteiger charge is -2.15. The van der Waals surface area contributed by atoms with Crippen molar-refractivity contribution in [1.82, 2.24) is 9.97 Å². The molecule has 0 bridgehead atoms. The molecule has 0 radical (unpaired) electrons. The van der Waals surface area contributed by atoms with Gasteiger partial charge in [-0.25, -0.2) is 0 Å². The number of rotatable bonds is 3. The van der Waals surface area contributed by atoms with E-state index < -0.39 is 0 Å². The molecule has 4 heteroatoms. The molecule has 1 unspecified atom stereocenters. The number of aromatic nitrogens is 2. The number of aryl methyl sites for hydroxylation is 1. The highest BCUT2D eigenvalue weighted by Gasteiger charge is 2.08. The van der Waals surface area contributed by atoms with E-state index in [-0.39, 0.29) is 6.04 Å². The summed E-state index contributed by atoms with van der Waals surface area (Å²) >= 11 is 6.16. The summed E-state index contributed by atoms with van der Waals surface area (Å²) in [5.74, 6) is 0. The lowest BCUT2D eigenvalue weighted by Crippen LogP contribution is -2.09. The SMILES string of the molecule is Cc1ccc(NC(C)c2cnccn2)c(Cl)c1. The van der Waals surface area contributed by atoms with Crippen LogP contribution in [0.4, 0.5) is 5.69 Å². The van der Waals surface area contributed by atoms with Crippen molar-refractivity contribution in [2.24, 2.45) is 0 Å². The van der Waals surface area contributed by atoms with Gasteiger partial charge in [0.25, 0.3) is 0 Å². The molecule has 1 N–H and O–H groups in total. The third-order valence-corrected chi connectivity index (χ3v) is 2.84. The highest BCUT2D eigenvalue weighted by molar-refractivity contribution is 6.33. The van der Waals surface area contributed by atoms with Crippen LogP contribution < -0.4 is 5.32 Å². The summed E-state index contributed by atoms with van der Waals surface area (Å²) in [6.45, 7) is 4.04. The zero-order chi connectivity index (χ0) is 12.3. The van der Waals surface area contributed by atoms with Gasteiger partial charge in [0.05, 0.1) is 28.6 Å². The minimum Gasteiger partial charge on any atom is -0.376 e. The van der Waals surface area contributed by atoms with E-state index in [4.69, 9.17) is 11.6 Å². The molecule has 1 aromatic carbocycles. The number of nitrogens with one attached hydrogen (secondary N) is 1. The van der Waals surface area contributed by atoms with E-state index in [1.165, 1.54) is 0 Å². The van der Waals surface area contributed by atoms with Crippen LogP contribution in [0.3, 0.4) is 0 Å². The van der Waals surface area contributed by atoms with E-state index in [9.17, 15) is 0 Å². The summed E-state index contributed by atoms with van der Waals surface area (Å²) in [6.07, 6.45) is 5.10. The van der Waals surface area contributed by atoms with E-state index in [0.29, 0.717) is 0 Å². The first-order valence-electron chi connectivity index (χ1n) is 5.45. The number of nitrogens with zero attached hydrogens (tertiary/aromatic N) is 2. The first-order valence-corrected chi connectivity index (χ1v) is 5.83. The predicted octanol–water partition coefficient (Wildman–Crippen LogP) is 3.61. The van der Waals surface area contributed by atoms with Gasteiger partial charge in [-0.15, -0.1) is 0 Å². The van der Waals surface area contributed by atoms with Crippen LogP contribution in [-0.4, -0.2) is 9.97 Å². The van der Waals surface area contributed by atoms with Gasteiger partial charge in [0.15, 0.2) is 0 Å². The van der Waals surface area contributed by atoms with Gasteiger partial charge in [0.2, 0.25) is 0 Å². The number of hydrogen-bond donors (Lipinski definition) is 1. The third kappa shape index (κ3) is 2.94. The van der Waals surface area contributed by atoms with Crippen molar-refractivity contribution in [2.75, 3.05) is 5.32 Å². The molecule has 2 aromatic rings. The number of benzene rings is 1. The molecular weight excluding hydrogens is 234 g/mol. The minimum atomic E-state index is 0.0731. The number of hydrogen-bond acceptors (Lipinski definition) is 3. The van der Waals surface area contributed by atoms with Gasteiger partial charge in [-0.2, -0.15) is 0 Å². The van der Waals surface area contributed by atoms with Gasteiger partial charge in [0, 0.05) is 12.4 Å². The molecule has 0 saturated carbocycles. The summed E-state index contributed by atoms with van der Waals surface area (Å²) in [7, 11) is 0. The Labute approximate surface area is 106 Å². The molecule has 3 nitrogen and oxygen atoms in total. The van der Waals surface area contributed by atoms with Gasteiger partial charge in [-0.3, -0.25) is 9.97 Å². The Hall–Kier alpha value is -1.61. The van der Waals surface area contributed by atoms with Gasteiger partial charge in [-0.05, 0) is 31.5 Å². The largest absolute Gasteiger partial charge is 0.376 e. The highest BCUT2D eigenvalue weighted by atomic mass is 35.5. The summed E-state index contributed by atoms with van der Waals surface area (Å²) in [6, 6.07) is 6.01. The van der Waals surface area contributed by atoms with Crippen LogP contribution in [0.25, 0.3) is 0 Å². The maximum Gasteiger partial charge on any atom is 0.0806 e. The molecule has 1 atom stereocenters. The maximum absolute atomic E-state index is 6.16. The second-order valence-corrected chi connectivity index (χ2v) is 4.39. The van der Waals surface area contributed by atoms with Crippen LogP contribution in [0.15, 0.2) is 36.8 Å². The molecule has 0 fully saturated rings. The van der Waals surface area contributed by atoms with Crippen LogP contribution in [0, 0.1) is 6.92 Å². The Morgan fingerprint density at radius 1 is 1.29 bits per heavy atom. The fraction of sp³-hybridized carbons (Fsp3) is 0.231. The highest BCUT2D eigenvalue weighted by Crippen LogP contribution is 2.26. The molecular formula is C13H14ClN3. The second kappa shape index (κ2) is 5.15. The van der Waals surface area contributed by atoms with Crippen LogP contribution in [0.1, 0.15) is 24.2 Å². The predicted molar refractivity (Wildman–Crippen MR) is 70.3 cm³/mol. The average Bonchev–Trinajstić information content (AvgIpc) is 2.34. The third-order valence-electron chi connectivity index (χ3n) is 2.52. The molecule has 0 spiro atoms. The van der Waals surface area contributed by atoms with Crippen LogP contribution >= 0.6 is 11.6 Å². The van der Waals surface area contributed by atoms with E-state index in [0.717, 1.165) is 22.0 Å². The quantitative estimate of drug-likeness (QED) is 0.900. The first kappa shape index (κ1) is 11.9. The van der Waals surface area contributed by atoms with Crippen molar-refractivity contribution in [3.05, 3.63) is 53.1 Å². The molecule has 17 heavy (non-hydrogen) atoms. The summed E-state index contributed by atoms with van der Waals surface area (Å²) < 4.78 is 0. The van der Waals surface area contributed by atoms with Crippen LogP contribution in [0.2, 0.25) is 5.02 Å². The van der Waals surface area contributed by atoms with E-state index in [1.807, 2.05) is 32.0 Å². The molecule has 0 aliphatic carbocycles.